The molecule has 1 aromatic carbocycles. The third-order valence-corrected chi connectivity index (χ3v) is 5.84. The van der Waals surface area contributed by atoms with Crippen LogP contribution in [-0.2, 0) is 6.42 Å². The van der Waals surface area contributed by atoms with Crippen molar-refractivity contribution in [3.05, 3.63) is 35.4 Å². The second-order valence-electron chi connectivity index (χ2n) is 6.92. The van der Waals surface area contributed by atoms with Crippen molar-refractivity contribution in [2.45, 2.75) is 43.8 Å². The van der Waals surface area contributed by atoms with E-state index in [1.54, 1.807) is 5.56 Å². The second kappa shape index (κ2) is 5.71. The minimum atomic E-state index is 0.513. The van der Waals surface area contributed by atoms with Gasteiger partial charge in [0.25, 0.3) is 0 Å². The fourth-order valence-electron chi connectivity index (χ4n) is 4.74. The lowest BCUT2D eigenvalue weighted by Crippen LogP contribution is -2.43. The molecule has 2 saturated heterocycles. The van der Waals surface area contributed by atoms with E-state index in [1.165, 1.54) is 57.4 Å². The van der Waals surface area contributed by atoms with Crippen molar-refractivity contribution in [1.29, 1.82) is 0 Å². The van der Waals surface area contributed by atoms with Crippen LogP contribution >= 0.6 is 0 Å². The highest BCUT2D eigenvalue weighted by atomic mass is 15.3. The monoisotopic (exact) mass is 285 g/mol. The molecule has 2 fully saturated rings. The van der Waals surface area contributed by atoms with Crippen LogP contribution in [0.5, 0.6) is 0 Å². The van der Waals surface area contributed by atoms with Gasteiger partial charge in [-0.1, -0.05) is 24.3 Å². The second-order valence-corrected chi connectivity index (χ2v) is 6.92. The molecule has 4 rings (SSSR count). The number of rotatable bonds is 3. The summed E-state index contributed by atoms with van der Waals surface area (Å²) in [6, 6.07) is 11.0. The van der Waals surface area contributed by atoms with E-state index in [0.717, 1.165) is 6.04 Å². The average molecular weight is 285 g/mol. The Balaban J connectivity index is 1.48. The zero-order valence-electron chi connectivity index (χ0n) is 13.1. The molecule has 1 aliphatic carbocycles. The van der Waals surface area contributed by atoms with E-state index in [-0.39, 0.29) is 0 Å². The lowest BCUT2D eigenvalue weighted by atomic mass is 10.1. The van der Waals surface area contributed by atoms with Gasteiger partial charge in [0.1, 0.15) is 0 Å². The van der Waals surface area contributed by atoms with E-state index >= 15 is 0 Å². The number of nitrogens with zero attached hydrogens (tertiary/aromatic N) is 2. The van der Waals surface area contributed by atoms with Gasteiger partial charge < -0.3 is 5.32 Å². The summed E-state index contributed by atoms with van der Waals surface area (Å²) in [5.74, 6) is 0. The van der Waals surface area contributed by atoms with Crippen molar-refractivity contribution in [1.82, 2.24) is 15.1 Å². The van der Waals surface area contributed by atoms with Gasteiger partial charge in [0, 0.05) is 31.2 Å². The Kier molecular flexibility index (Phi) is 3.74. The summed E-state index contributed by atoms with van der Waals surface area (Å²) in [6.45, 7) is 5.21. The molecule has 0 amide bonds. The number of benzene rings is 1. The van der Waals surface area contributed by atoms with Crippen molar-refractivity contribution in [2.75, 3.05) is 33.2 Å². The predicted molar refractivity (Wildman–Crippen MR) is 86.5 cm³/mol. The van der Waals surface area contributed by atoms with Gasteiger partial charge in [-0.25, -0.2) is 0 Å². The van der Waals surface area contributed by atoms with Crippen molar-refractivity contribution >= 4 is 0 Å². The molecule has 3 unspecified atom stereocenters. The van der Waals surface area contributed by atoms with Gasteiger partial charge >= 0.3 is 0 Å². The fraction of sp³-hybridized carbons (Fsp3) is 0.667. The molecular weight excluding hydrogens is 258 g/mol. The highest BCUT2D eigenvalue weighted by Crippen LogP contribution is 2.36. The zero-order valence-corrected chi connectivity index (χ0v) is 13.1. The first kappa shape index (κ1) is 13.7. The van der Waals surface area contributed by atoms with Gasteiger partial charge in [0.15, 0.2) is 0 Å². The van der Waals surface area contributed by atoms with E-state index in [2.05, 4.69) is 46.4 Å². The SMILES string of the molecule is CNC1c2ccccc2CC1N1CCC(N2CCCC2)C1. The van der Waals surface area contributed by atoms with E-state index < -0.39 is 0 Å². The summed E-state index contributed by atoms with van der Waals surface area (Å²) in [5, 5.41) is 3.58. The summed E-state index contributed by atoms with van der Waals surface area (Å²) in [5.41, 5.74) is 3.07. The number of nitrogens with one attached hydrogen (secondary N) is 1. The highest BCUT2D eigenvalue weighted by Gasteiger charge is 2.39. The van der Waals surface area contributed by atoms with E-state index in [4.69, 9.17) is 0 Å². The van der Waals surface area contributed by atoms with E-state index in [0.29, 0.717) is 12.1 Å². The largest absolute Gasteiger partial charge is 0.312 e. The smallest absolute Gasteiger partial charge is 0.0481 e. The summed E-state index contributed by atoms with van der Waals surface area (Å²) in [6.07, 6.45) is 5.40. The molecule has 3 nitrogen and oxygen atoms in total. The summed E-state index contributed by atoms with van der Waals surface area (Å²) in [7, 11) is 2.12. The number of likely N-dealkylation sites (N-methyl/N-ethyl adjacent to an activating group) is 1. The van der Waals surface area contributed by atoms with Crippen LogP contribution < -0.4 is 5.32 Å². The molecule has 3 atom stereocenters. The molecule has 1 aromatic rings. The molecule has 2 heterocycles. The minimum Gasteiger partial charge on any atom is -0.312 e. The van der Waals surface area contributed by atoms with Gasteiger partial charge in [-0.05, 0) is 56.9 Å². The van der Waals surface area contributed by atoms with Crippen LogP contribution in [0.2, 0.25) is 0 Å². The molecule has 2 aliphatic heterocycles. The van der Waals surface area contributed by atoms with Crippen LogP contribution in [0, 0.1) is 0 Å². The van der Waals surface area contributed by atoms with Gasteiger partial charge in [-0.2, -0.15) is 0 Å². The van der Waals surface area contributed by atoms with Crippen LogP contribution in [0.25, 0.3) is 0 Å². The number of hydrogen-bond acceptors (Lipinski definition) is 3. The maximum atomic E-state index is 3.58. The molecule has 3 heteroatoms. The van der Waals surface area contributed by atoms with Gasteiger partial charge in [0.2, 0.25) is 0 Å². The third kappa shape index (κ3) is 2.41. The number of fused-ring (bicyclic) bond motifs is 1. The van der Waals surface area contributed by atoms with Gasteiger partial charge in [-0.3, -0.25) is 9.80 Å². The first-order valence-corrected chi connectivity index (χ1v) is 8.60. The van der Waals surface area contributed by atoms with Crippen LogP contribution in [0.1, 0.15) is 36.4 Å². The van der Waals surface area contributed by atoms with Crippen LogP contribution in [0.4, 0.5) is 0 Å². The topological polar surface area (TPSA) is 18.5 Å². The Morgan fingerprint density at radius 3 is 2.67 bits per heavy atom. The Labute approximate surface area is 128 Å². The molecular formula is C18H27N3. The third-order valence-electron chi connectivity index (χ3n) is 5.84. The summed E-state index contributed by atoms with van der Waals surface area (Å²) in [4.78, 5) is 5.49. The number of likely N-dealkylation sites (tertiary alicyclic amines) is 2. The minimum absolute atomic E-state index is 0.513. The van der Waals surface area contributed by atoms with Crippen molar-refractivity contribution < 1.29 is 0 Å². The van der Waals surface area contributed by atoms with Crippen molar-refractivity contribution in [3.8, 4) is 0 Å². The first-order chi connectivity index (χ1) is 10.4. The normalized spacial score (nSPS) is 33.7. The molecule has 21 heavy (non-hydrogen) atoms. The zero-order chi connectivity index (χ0) is 14.2. The van der Waals surface area contributed by atoms with Gasteiger partial charge in [-0.15, -0.1) is 0 Å². The summed E-state index contributed by atoms with van der Waals surface area (Å²) < 4.78 is 0. The van der Waals surface area contributed by atoms with Crippen LogP contribution in [0.15, 0.2) is 24.3 Å². The van der Waals surface area contributed by atoms with Crippen molar-refractivity contribution in [2.24, 2.45) is 0 Å². The first-order valence-electron chi connectivity index (χ1n) is 8.60. The molecule has 1 N–H and O–H groups in total. The maximum Gasteiger partial charge on any atom is 0.0481 e. The Morgan fingerprint density at radius 1 is 1.05 bits per heavy atom. The van der Waals surface area contributed by atoms with Crippen molar-refractivity contribution in [3.63, 3.8) is 0 Å². The molecule has 0 aromatic heterocycles. The molecule has 0 saturated carbocycles. The number of hydrogen-bond donors (Lipinski definition) is 1. The Morgan fingerprint density at radius 2 is 1.86 bits per heavy atom. The molecule has 0 spiro atoms. The molecule has 0 radical (unpaired) electrons. The van der Waals surface area contributed by atoms with Crippen LogP contribution in [-0.4, -0.2) is 55.1 Å². The van der Waals surface area contributed by atoms with E-state index in [9.17, 15) is 0 Å². The average Bonchev–Trinajstić information content (AvgIpc) is 3.24. The fourth-order valence-corrected chi connectivity index (χ4v) is 4.74. The highest BCUT2D eigenvalue weighted by molar-refractivity contribution is 5.37. The van der Waals surface area contributed by atoms with Gasteiger partial charge in [0.05, 0.1) is 0 Å². The quantitative estimate of drug-likeness (QED) is 0.917. The maximum absolute atomic E-state index is 3.58. The Bertz CT molecular complexity index is 495. The molecule has 114 valence electrons. The van der Waals surface area contributed by atoms with Crippen LogP contribution in [0.3, 0.4) is 0 Å². The molecule has 0 bridgehead atoms. The van der Waals surface area contributed by atoms with E-state index in [1.807, 2.05) is 0 Å². The molecule has 3 aliphatic rings. The standard InChI is InChI=1S/C18H27N3/c1-19-18-16-7-3-2-6-14(16)12-17(18)21-11-8-15(13-21)20-9-4-5-10-20/h2-3,6-7,15,17-19H,4-5,8-13H2,1H3. The Hall–Kier alpha value is -0.900. The summed E-state index contributed by atoms with van der Waals surface area (Å²) >= 11 is 0. The lowest BCUT2D eigenvalue weighted by Gasteiger charge is -2.31. The predicted octanol–water partition coefficient (Wildman–Crippen LogP) is 2.04. The lowest BCUT2D eigenvalue weighted by molar-refractivity contribution is 0.179.